The van der Waals surface area contributed by atoms with E-state index in [4.69, 9.17) is 0 Å². The molecule has 1 aliphatic heterocycles. The van der Waals surface area contributed by atoms with E-state index in [9.17, 15) is 9.59 Å². The average molecular weight is 403 g/mol. The normalized spacial score (nSPS) is 27.9. The van der Waals surface area contributed by atoms with Crippen molar-refractivity contribution in [1.29, 1.82) is 0 Å². The van der Waals surface area contributed by atoms with Crippen LogP contribution in [0.3, 0.4) is 0 Å². The lowest BCUT2D eigenvalue weighted by molar-refractivity contribution is -0.128. The number of nitrogens with zero attached hydrogens (tertiary/aromatic N) is 1. The molecule has 1 atom stereocenters. The van der Waals surface area contributed by atoms with Crippen LogP contribution in [-0.2, 0) is 16.0 Å². The molecule has 0 radical (unpaired) electrons. The summed E-state index contributed by atoms with van der Waals surface area (Å²) in [4.78, 5) is 26.3. The number of likely N-dealkylation sites (tertiary alicyclic amines) is 1. The third-order valence-corrected chi connectivity index (χ3v) is 7.56. The Bertz CT molecular complexity index is 653. The Hall–Kier alpha value is -1.33. The molecule has 1 saturated heterocycles. The van der Waals surface area contributed by atoms with Crippen molar-refractivity contribution in [3.05, 3.63) is 35.4 Å². The number of nitrogens with one attached hydrogen (secondary N) is 1. The Labute approximate surface area is 173 Å². The maximum Gasteiger partial charge on any atom is 0.235 e. The molecule has 2 aliphatic rings. The smallest absolute Gasteiger partial charge is 0.235 e. The number of aldehydes is 1. The predicted octanol–water partition coefficient (Wildman–Crippen LogP) is 3.47. The van der Waals surface area contributed by atoms with Crippen molar-refractivity contribution in [1.82, 2.24) is 10.2 Å². The quantitative estimate of drug-likeness (QED) is 0.508. The summed E-state index contributed by atoms with van der Waals surface area (Å²) in [6.07, 6.45) is 9.16. The zero-order chi connectivity index (χ0) is 20.0. The fourth-order valence-corrected chi connectivity index (χ4v) is 5.21. The van der Waals surface area contributed by atoms with Crippen molar-refractivity contribution in [2.45, 2.75) is 50.7 Å². The number of carbonyl (C=O) groups excluding carboxylic acids is 2. The maximum atomic E-state index is 12.3. The molecule has 1 aliphatic carbocycles. The maximum absolute atomic E-state index is 12.3. The molecule has 1 aromatic rings. The summed E-state index contributed by atoms with van der Waals surface area (Å²) in [5.74, 6) is 0.864. The van der Waals surface area contributed by atoms with Gasteiger partial charge in [-0.3, -0.25) is 4.79 Å². The van der Waals surface area contributed by atoms with Crippen LogP contribution in [-0.4, -0.2) is 54.8 Å². The SMILES string of the molecule is CSC1CCN(CC2CCC(C=O)(CNCCc3ccc(C)cc3)CC2)C1=O. The fraction of sp³-hybridized carbons (Fsp3) is 0.652. The standard InChI is InChI=1S/C23H34N2O2S/c1-18-3-5-19(6-4-18)9-13-24-16-23(17-26)11-7-20(8-12-23)15-25-14-10-21(28-2)22(25)27/h3-6,17,20-21,24H,7-16H2,1-2H3. The second-order valence-corrected chi connectivity index (χ2v) is 9.67. The van der Waals surface area contributed by atoms with E-state index < -0.39 is 0 Å². The van der Waals surface area contributed by atoms with Gasteiger partial charge in [0.1, 0.15) is 6.29 Å². The van der Waals surface area contributed by atoms with E-state index in [1.807, 2.05) is 6.26 Å². The Morgan fingerprint density at radius 3 is 2.54 bits per heavy atom. The van der Waals surface area contributed by atoms with Gasteiger partial charge >= 0.3 is 0 Å². The second-order valence-electron chi connectivity index (χ2n) is 8.63. The first-order valence-electron chi connectivity index (χ1n) is 10.6. The molecule has 5 heteroatoms. The number of hydrogen-bond acceptors (Lipinski definition) is 4. The van der Waals surface area contributed by atoms with Gasteiger partial charge in [-0.2, -0.15) is 11.8 Å². The van der Waals surface area contributed by atoms with Gasteiger partial charge in [-0.25, -0.2) is 0 Å². The molecule has 154 valence electrons. The number of carbonyl (C=O) groups is 2. The van der Waals surface area contributed by atoms with Gasteiger partial charge < -0.3 is 15.0 Å². The molecule has 1 unspecified atom stereocenters. The monoisotopic (exact) mass is 402 g/mol. The molecule has 4 nitrogen and oxygen atoms in total. The van der Waals surface area contributed by atoms with E-state index in [0.717, 1.165) is 64.7 Å². The largest absolute Gasteiger partial charge is 0.341 e. The number of rotatable bonds is 9. The average Bonchev–Trinajstić information content (AvgIpc) is 3.07. The highest BCUT2D eigenvalue weighted by Crippen LogP contribution is 2.38. The van der Waals surface area contributed by atoms with Gasteiger partial charge in [0.15, 0.2) is 0 Å². The molecule has 2 fully saturated rings. The van der Waals surface area contributed by atoms with Gasteiger partial charge in [0.05, 0.1) is 5.25 Å². The number of benzene rings is 1. The van der Waals surface area contributed by atoms with Crippen molar-refractivity contribution in [3.8, 4) is 0 Å². The zero-order valence-corrected chi connectivity index (χ0v) is 18.1. The topological polar surface area (TPSA) is 49.4 Å². The Morgan fingerprint density at radius 2 is 1.93 bits per heavy atom. The van der Waals surface area contributed by atoms with Crippen LogP contribution in [0.4, 0.5) is 0 Å². The Morgan fingerprint density at radius 1 is 1.21 bits per heavy atom. The van der Waals surface area contributed by atoms with Gasteiger partial charge in [-0.05, 0) is 69.7 Å². The minimum atomic E-state index is -0.222. The van der Waals surface area contributed by atoms with Crippen LogP contribution >= 0.6 is 11.8 Å². The number of amides is 1. The summed E-state index contributed by atoms with van der Waals surface area (Å²) in [5, 5.41) is 3.68. The summed E-state index contributed by atoms with van der Waals surface area (Å²) in [6.45, 7) is 5.56. The summed E-state index contributed by atoms with van der Waals surface area (Å²) in [7, 11) is 0. The highest BCUT2D eigenvalue weighted by Gasteiger charge is 2.37. The van der Waals surface area contributed by atoms with E-state index in [1.165, 1.54) is 17.4 Å². The first kappa shape index (κ1) is 21.4. The van der Waals surface area contributed by atoms with Gasteiger partial charge in [0.2, 0.25) is 5.91 Å². The van der Waals surface area contributed by atoms with Crippen LogP contribution < -0.4 is 5.32 Å². The first-order valence-corrected chi connectivity index (χ1v) is 11.9. The predicted molar refractivity (Wildman–Crippen MR) is 117 cm³/mol. The summed E-state index contributed by atoms with van der Waals surface area (Å²) < 4.78 is 0. The molecular weight excluding hydrogens is 368 g/mol. The molecule has 3 rings (SSSR count). The van der Waals surface area contributed by atoms with Crippen LogP contribution in [0.5, 0.6) is 0 Å². The molecular formula is C23H34N2O2S. The molecule has 1 heterocycles. The molecule has 1 amide bonds. The van der Waals surface area contributed by atoms with E-state index in [0.29, 0.717) is 11.8 Å². The third kappa shape index (κ3) is 5.38. The highest BCUT2D eigenvalue weighted by molar-refractivity contribution is 7.99. The lowest BCUT2D eigenvalue weighted by Crippen LogP contribution is -2.42. The highest BCUT2D eigenvalue weighted by atomic mass is 32.2. The molecule has 1 saturated carbocycles. The number of aryl methyl sites for hydroxylation is 1. The van der Waals surface area contributed by atoms with Crippen molar-refractivity contribution >= 4 is 24.0 Å². The molecule has 0 spiro atoms. The van der Waals surface area contributed by atoms with Gasteiger partial charge in [0, 0.05) is 25.0 Å². The van der Waals surface area contributed by atoms with Crippen molar-refractivity contribution in [2.75, 3.05) is 32.4 Å². The Kier molecular flexibility index (Phi) is 7.58. The van der Waals surface area contributed by atoms with E-state index in [1.54, 1.807) is 11.8 Å². The van der Waals surface area contributed by atoms with Gasteiger partial charge in [-0.15, -0.1) is 0 Å². The van der Waals surface area contributed by atoms with Crippen LogP contribution in [0.2, 0.25) is 0 Å². The second kappa shape index (κ2) is 9.93. The van der Waals surface area contributed by atoms with Crippen LogP contribution in [0.1, 0.15) is 43.2 Å². The summed E-state index contributed by atoms with van der Waals surface area (Å²) in [6, 6.07) is 8.66. The van der Waals surface area contributed by atoms with E-state index in [-0.39, 0.29) is 10.7 Å². The van der Waals surface area contributed by atoms with Gasteiger partial charge in [0.25, 0.3) is 0 Å². The number of hydrogen-bond donors (Lipinski definition) is 1. The lowest BCUT2D eigenvalue weighted by atomic mass is 9.71. The first-order chi connectivity index (χ1) is 13.5. The van der Waals surface area contributed by atoms with E-state index in [2.05, 4.69) is 41.4 Å². The van der Waals surface area contributed by atoms with E-state index >= 15 is 0 Å². The fourth-order valence-electron chi connectivity index (χ4n) is 4.52. The van der Waals surface area contributed by atoms with Crippen LogP contribution in [0.25, 0.3) is 0 Å². The number of thioether (sulfide) groups is 1. The van der Waals surface area contributed by atoms with Crippen molar-refractivity contribution in [2.24, 2.45) is 11.3 Å². The lowest BCUT2D eigenvalue weighted by Gasteiger charge is -2.37. The molecule has 1 N–H and O–H groups in total. The Balaban J connectivity index is 1.40. The van der Waals surface area contributed by atoms with Crippen molar-refractivity contribution < 1.29 is 9.59 Å². The molecule has 1 aromatic carbocycles. The van der Waals surface area contributed by atoms with Crippen LogP contribution in [0.15, 0.2) is 24.3 Å². The zero-order valence-electron chi connectivity index (χ0n) is 17.3. The van der Waals surface area contributed by atoms with Gasteiger partial charge in [-0.1, -0.05) is 29.8 Å². The molecule has 0 aromatic heterocycles. The minimum Gasteiger partial charge on any atom is -0.341 e. The molecule has 28 heavy (non-hydrogen) atoms. The minimum absolute atomic E-state index is 0.162. The van der Waals surface area contributed by atoms with Crippen molar-refractivity contribution in [3.63, 3.8) is 0 Å². The summed E-state index contributed by atoms with van der Waals surface area (Å²) in [5.41, 5.74) is 2.40. The molecule has 0 bridgehead atoms. The summed E-state index contributed by atoms with van der Waals surface area (Å²) >= 11 is 1.67. The third-order valence-electron chi connectivity index (χ3n) is 6.55. The van der Waals surface area contributed by atoms with Crippen LogP contribution in [0, 0.1) is 18.3 Å².